The van der Waals surface area contributed by atoms with Gasteiger partial charge in [0.2, 0.25) is 5.91 Å². The number of carbonyl (C=O) groups is 1. The smallest absolute Gasteiger partial charge is 0.229 e. The van der Waals surface area contributed by atoms with E-state index in [-0.39, 0.29) is 36.0 Å². The van der Waals surface area contributed by atoms with Crippen molar-refractivity contribution in [3.8, 4) is 0 Å². The van der Waals surface area contributed by atoms with E-state index in [9.17, 15) is 9.18 Å². The fraction of sp³-hybridized carbons (Fsp3) is 0.375. The Hall–Kier alpha value is -2.70. The average Bonchev–Trinajstić information content (AvgIpc) is 3.08. The van der Waals surface area contributed by atoms with Crippen molar-refractivity contribution in [3.63, 3.8) is 0 Å². The summed E-state index contributed by atoms with van der Waals surface area (Å²) in [5.41, 5.74) is 3.45. The summed E-state index contributed by atoms with van der Waals surface area (Å²) in [6.07, 6.45) is 5.65. The van der Waals surface area contributed by atoms with Crippen LogP contribution in [-0.4, -0.2) is 30.9 Å². The van der Waals surface area contributed by atoms with Crippen LogP contribution in [0.1, 0.15) is 24.5 Å². The van der Waals surface area contributed by atoms with Crippen LogP contribution in [-0.2, 0) is 11.2 Å². The summed E-state index contributed by atoms with van der Waals surface area (Å²) in [6, 6.07) is 15.1. The Balaban J connectivity index is 1.34. The van der Waals surface area contributed by atoms with Gasteiger partial charge in [0.15, 0.2) is 6.29 Å². The third kappa shape index (κ3) is 3.50. The number of hydrogen-bond acceptors (Lipinski definition) is 4. The zero-order valence-corrected chi connectivity index (χ0v) is 17.0. The molecule has 3 heterocycles. The highest BCUT2D eigenvalue weighted by Gasteiger charge is 2.45. The lowest BCUT2D eigenvalue weighted by molar-refractivity contribution is -0.132. The van der Waals surface area contributed by atoms with E-state index in [1.54, 1.807) is 12.1 Å². The molecule has 3 aliphatic heterocycles. The van der Waals surface area contributed by atoms with Crippen LogP contribution in [0, 0.1) is 17.7 Å². The van der Waals surface area contributed by atoms with Gasteiger partial charge in [0, 0.05) is 11.7 Å². The fourth-order valence-corrected chi connectivity index (χ4v) is 5.07. The highest BCUT2D eigenvalue weighted by molar-refractivity contribution is 5.82. The van der Waals surface area contributed by atoms with Crippen LogP contribution in [0.3, 0.4) is 0 Å². The largest absolute Gasteiger partial charge is 0.336 e. The molecule has 0 saturated carbocycles. The van der Waals surface area contributed by atoms with Crippen LogP contribution in [0.15, 0.2) is 54.6 Å². The number of rotatable bonds is 3. The van der Waals surface area contributed by atoms with Crippen molar-refractivity contribution in [2.45, 2.75) is 38.3 Å². The lowest BCUT2D eigenvalue weighted by atomic mass is 9.81. The van der Waals surface area contributed by atoms with Crippen LogP contribution in [0.2, 0.25) is 0 Å². The minimum atomic E-state index is -0.242. The summed E-state index contributed by atoms with van der Waals surface area (Å²) in [7, 11) is 0. The van der Waals surface area contributed by atoms with Gasteiger partial charge in [0.25, 0.3) is 0 Å². The van der Waals surface area contributed by atoms with Crippen LogP contribution >= 0.6 is 0 Å². The number of benzene rings is 2. The molecule has 2 aromatic carbocycles. The number of nitrogens with zero attached hydrogens (tertiary/aromatic N) is 1. The topological polar surface area (TPSA) is 56.4 Å². The van der Waals surface area contributed by atoms with Gasteiger partial charge in [-0.2, -0.15) is 0 Å². The van der Waals surface area contributed by atoms with E-state index in [0.29, 0.717) is 6.04 Å². The van der Waals surface area contributed by atoms with E-state index in [0.717, 1.165) is 24.9 Å². The molecule has 5 unspecified atom stereocenters. The van der Waals surface area contributed by atoms with Gasteiger partial charge >= 0.3 is 0 Å². The second-order valence-electron chi connectivity index (χ2n) is 8.49. The molecule has 3 N–H and O–H groups in total. The number of piperidine rings is 1. The monoisotopic (exact) mass is 406 g/mol. The summed E-state index contributed by atoms with van der Waals surface area (Å²) in [5, 5.41) is 10.3. The fourth-order valence-electron chi connectivity index (χ4n) is 5.07. The zero-order valence-electron chi connectivity index (χ0n) is 17.0. The molecule has 156 valence electrons. The van der Waals surface area contributed by atoms with E-state index in [4.69, 9.17) is 0 Å². The van der Waals surface area contributed by atoms with Crippen LogP contribution in [0.25, 0.3) is 6.08 Å². The quantitative estimate of drug-likeness (QED) is 0.734. The van der Waals surface area contributed by atoms with Gasteiger partial charge in [-0.3, -0.25) is 10.1 Å². The van der Waals surface area contributed by atoms with Gasteiger partial charge in [-0.15, -0.1) is 0 Å². The second kappa shape index (κ2) is 7.85. The Bertz CT molecular complexity index is 960. The Kier molecular flexibility index (Phi) is 5.05. The maximum absolute atomic E-state index is 13.2. The predicted octanol–water partition coefficient (Wildman–Crippen LogP) is 2.84. The molecule has 1 amide bonds. The zero-order chi connectivity index (χ0) is 20.7. The molecule has 0 aliphatic carbocycles. The first-order valence-corrected chi connectivity index (χ1v) is 10.7. The molecule has 5 nitrogen and oxygen atoms in total. The van der Waals surface area contributed by atoms with Gasteiger partial charge in [0.05, 0.1) is 12.1 Å². The van der Waals surface area contributed by atoms with E-state index < -0.39 is 0 Å². The Labute approximate surface area is 176 Å². The molecule has 30 heavy (non-hydrogen) atoms. The standard InChI is InChI=1S/C24H27FN4O/c1-15-14-18-4-2-3-5-20(18)29(15)24-27-22-21(23(30)28-24)17(12-13-26-22)9-6-16-7-10-19(25)11-8-16/h2-11,15,17,21-22,24,26-27H,12-14H2,1H3,(H,28,30)/b9-6+. The molecule has 3 aliphatic rings. The number of nitrogens with one attached hydrogen (secondary N) is 3. The highest BCUT2D eigenvalue weighted by Crippen LogP contribution is 2.35. The third-order valence-corrected chi connectivity index (χ3v) is 6.53. The predicted molar refractivity (Wildman–Crippen MR) is 116 cm³/mol. The first-order chi connectivity index (χ1) is 14.6. The molecule has 2 saturated heterocycles. The van der Waals surface area contributed by atoms with Gasteiger partial charge in [-0.1, -0.05) is 42.5 Å². The summed E-state index contributed by atoms with van der Waals surface area (Å²) in [6.45, 7) is 3.04. The number of halogens is 1. The Morgan fingerprint density at radius 2 is 1.93 bits per heavy atom. The van der Waals surface area contributed by atoms with Crippen molar-refractivity contribution in [1.29, 1.82) is 0 Å². The van der Waals surface area contributed by atoms with Crippen molar-refractivity contribution in [2.24, 2.45) is 11.8 Å². The van der Waals surface area contributed by atoms with Crippen molar-refractivity contribution >= 4 is 17.7 Å². The molecule has 2 fully saturated rings. The molecule has 0 bridgehead atoms. The van der Waals surface area contributed by atoms with Gasteiger partial charge in [0.1, 0.15) is 5.82 Å². The van der Waals surface area contributed by atoms with Crippen LogP contribution < -0.4 is 20.9 Å². The SMILES string of the molecule is CC1Cc2ccccc2N1C1NC(=O)C2C(/C=C/c3ccc(F)cc3)CCNC2N1. The molecular formula is C24H27FN4O. The van der Waals surface area contributed by atoms with E-state index in [2.05, 4.69) is 52.0 Å². The number of para-hydroxylation sites is 1. The molecule has 0 aromatic heterocycles. The minimum absolute atomic E-state index is 0.0706. The maximum atomic E-state index is 13.2. The highest BCUT2D eigenvalue weighted by atomic mass is 19.1. The summed E-state index contributed by atoms with van der Waals surface area (Å²) in [5.74, 6) is -0.229. The molecule has 5 atom stereocenters. The maximum Gasteiger partial charge on any atom is 0.229 e. The Morgan fingerprint density at radius 3 is 2.77 bits per heavy atom. The van der Waals surface area contributed by atoms with Gasteiger partial charge < -0.3 is 15.5 Å². The number of hydrogen-bond donors (Lipinski definition) is 3. The average molecular weight is 407 g/mol. The van der Waals surface area contributed by atoms with E-state index >= 15 is 0 Å². The number of anilines is 1. The van der Waals surface area contributed by atoms with Crippen LogP contribution in [0.4, 0.5) is 10.1 Å². The molecule has 6 heteroatoms. The van der Waals surface area contributed by atoms with E-state index in [1.807, 2.05) is 12.1 Å². The lowest BCUT2D eigenvalue weighted by Crippen LogP contribution is -2.73. The Morgan fingerprint density at radius 1 is 1.13 bits per heavy atom. The molecule has 5 rings (SSSR count). The number of amides is 1. The summed E-state index contributed by atoms with van der Waals surface area (Å²) in [4.78, 5) is 15.5. The second-order valence-corrected chi connectivity index (χ2v) is 8.49. The number of allylic oxidation sites excluding steroid dienone is 1. The molecule has 0 spiro atoms. The first kappa shape index (κ1) is 19.3. The van der Waals surface area contributed by atoms with Crippen molar-refractivity contribution < 1.29 is 9.18 Å². The van der Waals surface area contributed by atoms with Gasteiger partial charge in [-0.25, -0.2) is 4.39 Å². The van der Waals surface area contributed by atoms with Crippen LogP contribution in [0.5, 0.6) is 0 Å². The normalized spacial score (nSPS) is 30.8. The van der Waals surface area contributed by atoms with E-state index in [1.165, 1.54) is 23.4 Å². The van der Waals surface area contributed by atoms with Crippen molar-refractivity contribution in [2.75, 3.05) is 11.4 Å². The number of carbonyl (C=O) groups excluding carboxylic acids is 1. The first-order valence-electron chi connectivity index (χ1n) is 10.7. The van der Waals surface area contributed by atoms with Gasteiger partial charge in [-0.05, 0) is 61.6 Å². The van der Waals surface area contributed by atoms with Crippen molar-refractivity contribution in [1.82, 2.24) is 16.0 Å². The van der Waals surface area contributed by atoms with Crippen molar-refractivity contribution in [3.05, 3.63) is 71.6 Å². The third-order valence-electron chi connectivity index (χ3n) is 6.53. The number of fused-ring (bicyclic) bond motifs is 2. The summed E-state index contributed by atoms with van der Waals surface area (Å²) < 4.78 is 13.1. The lowest BCUT2D eigenvalue weighted by Gasteiger charge is -2.47. The summed E-state index contributed by atoms with van der Waals surface area (Å²) >= 11 is 0. The minimum Gasteiger partial charge on any atom is -0.336 e. The molecule has 2 aromatic rings. The molecule has 0 radical (unpaired) electrons. The molecular weight excluding hydrogens is 379 g/mol.